The normalized spacial score (nSPS) is 14.5. The minimum atomic E-state index is 0.504. The van der Waals surface area contributed by atoms with E-state index in [0.717, 1.165) is 30.8 Å². The molecular weight excluding hydrogens is 234 g/mol. The van der Waals surface area contributed by atoms with Gasteiger partial charge in [0, 0.05) is 23.6 Å². The lowest BCUT2D eigenvalue weighted by Crippen LogP contribution is -2.21. The van der Waals surface area contributed by atoms with Crippen molar-refractivity contribution in [1.29, 1.82) is 0 Å². The topological polar surface area (TPSA) is 50.1 Å². The summed E-state index contributed by atoms with van der Waals surface area (Å²) in [6.45, 7) is 13.6. The minimum Gasteiger partial charge on any atom is -0.405 e. The SMILES string of the molecule is C=C(/C=C(\NCCC)C(C)CC)NC(/C=C\N)=C/C. The number of hydrogen-bond donors (Lipinski definition) is 3. The molecule has 0 rings (SSSR count). The van der Waals surface area contributed by atoms with Gasteiger partial charge < -0.3 is 16.4 Å². The van der Waals surface area contributed by atoms with Gasteiger partial charge in [0.25, 0.3) is 0 Å². The molecule has 0 saturated heterocycles. The molecule has 0 aliphatic rings. The van der Waals surface area contributed by atoms with Crippen molar-refractivity contribution in [3.63, 3.8) is 0 Å². The van der Waals surface area contributed by atoms with Crippen molar-refractivity contribution in [2.45, 2.75) is 40.5 Å². The summed E-state index contributed by atoms with van der Waals surface area (Å²) in [6.07, 6.45) is 9.60. The molecule has 0 amide bonds. The lowest BCUT2D eigenvalue weighted by Gasteiger charge is -2.17. The summed E-state index contributed by atoms with van der Waals surface area (Å²) in [6, 6.07) is 0. The minimum absolute atomic E-state index is 0.504. The molecule has 0 spiro atoms. The summed E-state index contributed by atoms with van der Waals surface area (Å²) in [7, 11) is 0. The van der Waals surface area contributed by atoms with E-state index in [0.29, 0.717) is 5.92 Å². The molecule has 0 aliphatic heterocycles. The van der Waals surface area contributed by atoms with Crippen molar-refractivity contribution in [2.75, 3.05) is 6.54 Å². The Morgan fingerprint density at radius 2 is 2.05 bits per heavy atom. The van der Waals surface area contributed by atoms with Crippen LogP contribution in [0.4, 0.5) is 0 Å². The van der Waals surface area contributed by atoms with E-state index in [4.69, 9.17) is 5.73 Å². The zero-order valence-corrected chi connectivity index (χ0v) is 12.8. The van der Waals surface area contributed by atoms with Gasteiger partial charge in [-0.1, -0.05) is 33.4 Å². The molecule has 0 saturated carbocycles. The molecule has 0 bridgehead atoms. The molecule has 0 fully saturated rings. The second-order valence-corrected chi connectivity index (χ2v) is 4.59. The largest absolute Gasteiger partial charge is 0.405 e. The Balaban J connectivity index is 4.76. The zero-order chi connectivity index (χ0) is 14.7. The Hall–Kier alpha value is -1.64. The molecule has 108 valence electrons. The maximum atomic E-state index is 5.40. The highest BCUT2D eigenvalue weighted by Crippen LogP contribution is 2.13. The van der Waals surface area contributed by atoms with E-state index < -0.39 is 0 Å². The number of nitrogens with one attached hydrogen (secondary N) is 2. The van der Waals surface area contributed by atoms with Crippen molar-refractivity contribution in [2.24, 2.45) is 11.7 Å². The average Bonchev–Trinajstić information content (AvgIpc) is 2.41. The Bertz CT molecular complexity index is 351. The monoisotopic (exact) mass is 263 g/mol. The first-order chi connectivity index (χ1) is 9.08. The van der Waals surface area contributed by atoms with Crippen molar-refractivity contribution in [1.82, 2.24) is 10.6 Å². The van der Waals surface area contributed by atoms with Crippen LogP contribution in [0, 0.1) is 5.92 Å². The van der Waals surface area contributed by atoms with Crippen LogP contribution in [0.3, 0.4) is 0 Å². The van der Waals surface area contributed by atoms with Gasteiger partial charge in [-0.25, -0.2) is 0 Å². The lowest BCUT2D eigenvalue weighted by atomic mass is 10.0. The molecule has 0 aromatic rings. The molecule has 3 nitrogen and oxygen atoms in total. The van der Waals surface area contributed by atoms with Crippen LogP contribution in [-0.2, 0) is 0 Å². The highest BCUT2D eigenvalue weighted by atomic mass is 14.9. The van der Waals surface area contributed by atoms with Crippen LogP contribution in [0.2, 0.25) is 0 Å². The van der Waals surface area contributed by atoms with Crippen LogP contribution in [0.5, 0.6) is 0 Å². The van der Waals surface area contributed by atoms with E-state index in [1.807, 2.05) is 19.1 Å². The van der Waals surface area contributed by atoms with Crippen molar-refractivity contribution in [3.8, 4) is 0 Å². The molecule has 0 radical (unpaired) electrons. The fourth-order valence-corrected chi connectivity index (χ4v) is 1.58. The smallest absolute Gasteiger partial charge is 0.0355 e. The van der Waals surface area contributed by atoms with E-state index in [1.165, 1.54) is 11.9 Å². The van der Waals surface area contributed by atoms with E-state index in [1.54, 1.807) is 0 Å². The molecule has 1 unspecified atom stereocenters. The van der Waals surface area contributed by atoms with Gasteiger partial charge in [-0.15, -0.1) is 0 Å². The van der Waals surface area contributed by atoms with Crippen LogP contribution in [-0.4, -0.2) is 6.54 Å². The zero-order valence-electron chi connectivity index (χ0n) is 12.8. The van der Waals surface area contributed by atoms with Gasteiger partial charge in [-0.05, 0) is 44.0 Å². The standard InChI is InChI=1S/C16H29N3/c1-6-11-18-16(13(4)7-2)12-14(5)19-15(8-3)9-10-17/h8-10,12-13,18-19H,5-7,11,17H2,1-4H3/b10-9-,15-8+,16-12-. The van der Waals surface area contributed by atoms with Crippen LogP contribution >= 0.6 is 0 Å². The Labute approximate surface area is 118 Å². The Morgan fingerprint density at radius 3 is 2.53 bits per heavy atom. The molecule has 0 aliphatic carbocycles. The summed E-state index contributed by atoms with van der Waals surface area (Å²) in [4.78, 5) is 0. The van der Waals surface area contributed by atoms with Gasteiger partial charge >= 0.3 is 0 Å². The summed E-state index contributed by atoms with van der Waals surface area (Å²) < 4.78 is 0. The van der Waals surface area contributed by atoms with Gasteiger partial charge in [0.2, 0.25) is 0 Å². The third kappa shape index (κ3) is 7.39. The summed E-state index contributed by atoms with van der Waals surface area (Å²) in [5, 5.41) is 6.71. The fourth-order valence-electron chi connectivity index (χ4n) is 1.58. The third-order valence-corrected chi connectivity index (χ3v) is 2.94. The first-order valence-electron chi connectivity index (χ1n) is 7.04. The van der Waals surface area contributed by atoms with Gasteiger partial charge in [-0.2, -0.15) is 0 Å². The van der Waals surface area contributed by atoms with Gasteiger partial charge in [-0.3, -0.25) is 0 Å². The van der Waals surface area contributed by atoms with Crippen LogP contribution in [0.25, 0.3) is 0 Å². The summed E-state index contributed by atoms with van der Waals surface area (Å²) in [5.41, 5.74) is 8.44. The molecule has 4 N–H and O–H groups in total. The first kappa shape index (κ1) is 17.4. The molecule has 0 heterocycles. The summed E-state index contributed by atoms with van der Waals surface area (Å²) >= 11 is 0. The molecule has 3 heteroatoms. The van der Waals surface area contributed by atoms with Gasteiger partial charge in [0.05, 0.1) is 0 Å². The first-order valence-corrected chi connectivity index (χ1v) is 7.04. The maximum Gasteiger partial charge on any atom is 0.0355 e. The number of allylic oxidation sites excluding steroid dienone is 4. The lowest BCUT2D eigenvalue weighted by molar-refractivity contribution is 0.582. The second kappa shape index (κ2) is 10.3. The van der Waals surface area contributed by atoms with Crippen LogP contribution < -0.4 is 16.4 Å². The highest BCUT2D eigenvalue weighted by molar-refractivity contribution is 5.27. The molecule has 19 heavy (non-hydrogen) atoms. The molecule has 0 aromatic heterocycles. The predicted molar refractivity (Wildman–Crippen MR) is 85.2 cm³/mol. The molecule has 1 atom stereocenters. The third-order valence-electron chi connectivity index (χ3n) is 2.94. The van der Waals surface area contributed by atoms with E-state index in [2.05, 4.69) is 44.1 Å². The van der Waals surface area contributed by atoms with Gasteiger partial charge in [0.15, 0.2) is 0 Å². The fraction of sp³-hybridized carbons (Fsp3) is 0.500. The van der Waals surface area contributed by atoms with Crippen molar-refractivity contribution in [3.05, 3.63) is 48.1 Å². The quantitative estimate of drug-likeness (QED) is 0.559. The Morgan fingerprint density at radius 1 is 1.37 bits per heavy atom. The number of hydrogen-bond acceptors (Lipinski definition) is 3. The maximum absolute atomic E-state index is 5.40. The van der Waals surface area contributed by atoms with Crippen molar-refractivity contribution >= 4 is 0 Å². The second-order valence-electron chi connectivity index (χ2n) is 4.59. The van der Waals surface area contributed by atoms with E-state index in [9.17, 15) is 0 Å². The van der Waals surface area contributed by atoms with Crippen LogP contribution in [0.15, 0.2) is 48.1 Å². The predicted octanol–water partition coefficient (Wildman–Crippen LogP) is 3.40. The van der Waals surface area contributed by atoms with E-state index >= 15 is 0 Å². The Kier molecular flexibility index (Phi) is 9.41. The average molecular weight is 263 g/mol. The highest BCUT2D eigenvalue weighted by Gasteiger charge is 2.06. The van der Waals surface area contributed by atoms with Crippen molar-refractivity contribution < 1.29 is 0 Å². The summed E-state index contributed by atoms with van der Waals surface area (Å²) in [5.74, 6) is 0.504. The van der Waals surface area contributed by atoms with Gasteiger partial charge in [0.1, 0.15) is 0 Å². The number of nitrogens with two attached hydrogens (primary N) is 1. The van der Waals surface area contributed by atoms with Crippen LogP contribution in [0.1, 0.15) is 40.5 Å². The molecule has 0 aromatic carbocycles. The van der Waals surface area contributed by atoms with E-state index in [-0.39, 0.29) is 0 Å². The molecular formula is C16H29N3. The number of rotatable bonds is 9.